The number of piperazine rings is 1. The summed E-state index contributed by atoms with van der Waals surface area (Å²) in [6, 6.07) is 32.3. The van der Waals surface area contributed by atoms with Gasteiger partial charge in [0, 0.05) is 49.4 Å². The number of carbonyl (C=O) groups is 3. The van der Waals surface area contributed by atoms with Gasteiger partial charge < -0.3 is 24.2 Å². The van der Waals surface area contributed by atoms with Crippen molar-refractivity contribution in [3.05, 3.63) is 126 Å². The standard InChI is InChI=1S/C47H56N6O5/c1-9-47(50(7)8,32-36-15-11-10-12-16-36)34(4)37-20-22-38(23-21-37)51-26-28-52(29-27-51)44(55)46(5,6)45(56)58-42-24-19-35(25-30-57-43(54)33(2)3)31-41(42)53-48-39-17-13-14-18-40(39)49-53/h10-24,31,34H,2,9,25-30,32H2,1,3-8H3. The highest BCUT2D eigenvalue weighted by atomic mass is 16.5. The second-order valence-corrected chi connectivity index (χ2v) is 16.1. The van der Waals surface area contributed by atoms with Crippen molar-refractivity contribution < 1.29 is 23.9 Å². The lowest BCUT2D eigenvalue weighted by atomic mass is 9.73. The molecule has 1 fully saturated rings. The highest BCUT2D eigenvalue weighted by Gasteiger charge is 2.42. The van der Waals surface area contributed by atoms with E-state index in [0.717, 1.165) is 24.1 Å². The van der Waals surface area contributed by atoms with Crippen LogP contribution in [0.15, 0.2) is 109 Å². The molecule has 11 nitrogen and oxygen atoms in total. The molecule has 58 heavy (non-hydrogen) atoms. The average Bonchev–Trinajstić information content (AvgIpc) is 3.67. The zero-order valence-electron chi connectivity index (χ0n) is 34.9. The Kier molecular flexibility index (Phi) is 12.8. The second-order valence-electron chi connectivity index (χ2n) is 16.1. The van der Waals surface area contributed by atoms with Crippen LogP contribution in [0, 0.1) is 5.41 Å². The average molecular weight is 785 g/mol. The van der Waals surface area contributed by atoms with Gasteiger partial charge in [-0.05, 0) is 107 Å². The number of esters is 2. The maximum Gasteiger partial charge on any atom is 0.333 e. The summed E-state index contributed by atoms with van der Waals surface area (Å²) in [5, 5.41) is 9.22. The number of benzene rings is 4. The number of carbonyl (C=O) groups excluding carboxylic acids is 3. The van der Waals surface area contributed by atoms with Crippen LogP contribution < -0.4 is 9.64 Å². The second kappa shape index (κ2) is 17.8. The molecule has 0 saturated carbocycles. The molecule has 4 aromatic carbocycles. The molecular weight excluding hydrogens is 729 g/mol. The Morgan fingerprint density at radius 3 is 2.05 bits per heavy atom. The molecule has 2 heterocycles. The Morgan fingerprint density at radius 1 is 0.845 bits per heavy atom. The predicted molar refractivity (Wildman–Crippen MR) is 228 cm³/mol. The quantitative estimate of drug-likeness (QED) is 0.0464. The van der Waals surface area contributed by atoms with Crippen molar-refractivity contribution in [1.82, 2.24) is 24.8 Å². The first-order valence-corrected chi connectivity index (χ1v) is 20.1. The lowest BCUT2D eigenvalue weighted by molar-refractivity contribution is -0.156. The van der Waals surface area contributed by atoms with Crippen LogP contribution in [0.1, 0.15) is 63.6 Å². The highest BCUT2D eigenvalue weighted by molar-refractivity contribution is 6.02. The van der Waals surface area contributed by atoms with Crippen LogP contribution in [0.3, 0.4) is 0 Å². The summed E-state index contributed by atoms with van der Waals surface area (Å²) < 4.78 is 11.3. The zero-order chi connectivity index (χ0) is 41.6. The number of fused-ring (bicyclic) bond motifs is 1. The van der Waals surface area contributed by atoms with Crippen LogP contribution in [-0.4, -0.2) is 95.1 Å². The summed E-state index contributed by atoms with van der Waals surface area (Å²) >= 11 is 0. The molecule has 0 N–H and O–H groups in total. The van der Waals surface area contributed by atoms with E-state index in [1.165, 1.54) is 15.9 Å². The Labute approximate surface area is 342 Å². The lowest BCUT2D eigenvalue weighted by Crippen LogP contribution is -2.54. The number of likely N-dealkylation sites (N-methyl/N-ethyl adjacent to an activating group) is 1. The highest BCUT2D eigenvalue weighted by Crippen LogP contribution is 2.38. The summed E-state index contributed by atoms with van der Waals surface area (Å²) in [5.41, 5.74) is 5.13. The van der Waals surface area contributed by atoms with Gasteiger partial charge >= 0.3 is 11.9 Å². The molecule has 0 radical (unpaired) electrons. The third-order valence-corrected chi connectivity index (χ3v) is 11.7. The van der Waals surface area contributed by atoms with Gasteiger partial charge in [0.05, 0.1) is 6.61 Å². The molecule has 0 aliphatic carbocycles. The minimum Gasteiger partial charge on any atom is -0.462 e. The predicted octanol–water partition coefficient (Wildman–Crippen LogP) is 7.42. The monoisotopic (exact) mass is 784 g/mol. The molecule has 0 bridgehead atoms. The van der Waals surface area contributed by atoms with Crippen LogP contribution in [0.4, 0.5) is 5.69 Å². The number of hydrogen-bond donors (Lipinski definition) is 0. The molecule has 2 atom stereocenters. The molecule has 5 aromatic rings. The van der Waals surface area contributed by atoms with E-state index in [2.05, 4.69) is 109 Å². The van der Waals surface area contributed by atoms with E-state index in [1.807, 2.05) is 24.3 Å². The van der Waals surface area contributed by atoms with Crippen molar-refractivity contribution in [2.24, 2.45) is 5.41 Å². The fraction of sp³-hybridized carbons (Fsp3) is 0.383. The summed E-state index contributed by atoms with van der Waals surface area (Å²) in [5.74, 6) is -0.936. The number of nitrogens with zero attached hydrogens (tertiary/aromatic N) is 6. The van der Waals surface area contributed by atoms with Crippen molar-refractivity contribution in [2.75, 3.05) is 51.8 Å². The number of hydrogen-bond acceptors (Lipinski definition) is 9. The SMILES string of the molecule is C=C(C)C(=O)OCCc1ccc(OC(=O)C(C)(C)C(=O)N2CCN(c3ccc(C(C)C(CC)(Cc4ccccc4)N(C)C)cc3)CC2)c(-n2nc3ccccc3n2)c1. The van der Waals surface area contributed by atoms with Crippen LogP contribution in [0.25, 0.3) is 16.7 Å². The van der Waals surface area contributed by atoms with Gasteiger partial charge in [0.25, 0.3) is 0 Å². The molecule has 1 aliphatic heterocycles. The van der Waals surface area contributed by atoms with Gasteiger partial charge in [-0.3, -0.25) is 9.59 Å². The van der Waals surface area contributed by atoms with Crippen molar-refractivity contribution in [2.45, 2.75) is 65.3 Å². The van der Waals surface area contributed by atoms with E-state index < -0.39 is 17.4 Å². The summed E-state index contributed by atoms with van der Waals surface area (Å²) in [7, 11) is 4.37. The minimum absolute atomic E-state index is 0.0405. The van der Waals surface area contributed by atoms with Crippen molar-refractivity contribution in [1.29, 1.82) is 0 Å². The molecule has 1 amide bonds. The van der Waals surface area contributed by atoms with E-state index in [4.69, 9.17) is 9.47 Å². The number of anilines is 1. The molecule has 2 unspecified atom stereocenters. The van der Waals surface area contributed by atoms with E-state index >= 15 is 0 Å². The van der Waals surface area contributed by atoms with Crippen LogP contribution >= 0.6 is 0 Å². The number of amides is 1. The smallest absolute Gasteiger partial charge is 0.333 e. The number of rotatable bonds is 15. The molecule has 6 rings (SSSR count). The van der Waals surface area contributed by atoms with E-state index in [-0.39, 0.29) is 23.8 Å². The third kappa shape index (κ3) is 9.00. The number of aromatic nitrogens is 3. The van der Waals surface area contributed by atoms with Gasteiger partial charge in [-0.15, -0.1) is 15.0 Å². The van der Waals surface area contributed by atoms with Gasteiger partial charge in [0.2, 0.25) is 5.91 Å². The Hall–Kier alpha value is -5.81. The molecular formula is C47H56N6O5. The Morgan fingerprint density at radius 2 is 1.47 bits per heavy atom. The topological polar surface area (TPSA) is 110 Å². The maximum atomic E-state index is 14.0. The normalized spacial score (nSPS) is 14.9. The van der Waals surface area contributed by atoms with Gasteiger partial charge in [0.15, 0.2) is 5.75 Å². The first-order chi connectivity index (χ1) is 27.7. The fourth-order valence-electron chi connectivity index (χ4n) is 7.87. The van der Waals surface area contributed by atoms with Gasteiger partial charge in [0.1, 0.15) is 22.1 Å². The molecule has 1 aromatic heterocycles. The van der Waals surface area contributed by atoms with E-state index in [9.17, 15) is 14.4 Å². The van der Waals surface area contributed by atoms with E-state index in [0.29, 0.717) is 60.8 Å². The lowest BCUT2D eigenvalue weighted by Gasteiger charge is -2.45. The summed E-state index contributed by atoms with van der Waals surface area (Å²) in [6.45, 7) is 15.4. The molecule has 1 aliphatic rings. The fourth-order valence-corrected chi connectivity index (χ4v) is 7.87. The summed E-state index contributed by atoms with van der Waals surface area (Å²) in [6.07, 6.45) is 2.38. The Bertz CT molecular complexity index is 2210. The zero-order valence-corrected chi connectivity index (χ0v) is 34.9. The van der Waals surface area contributed by atoms with Gasteiger partial charge in [-0.25, -0.2) is 4.79 Å². The minimum atomic E-state index is -1.47. The molecule has 304 valence electrons. The van der Waals surface area contributed by atoms with Crippen molar-refractivity contribution in [3.8, 4) is 11.4 Å². The first kappa shape index (κ1) is 41.8. The molecule has 0 spiro atoms. The maximum absolute atomic E-state index is 14.0. The van der Waals surface area contributed by atoms with E-state index in [1.54, 1.807) is 43.9 Å². The van der Waals surface area contributed by atoms with Gasteiger partial charge in [-0.1, -0.05) is 81.1 Å². The molecule has 11 heteroatoms. The summed E-state index contributed by atoms with van der Waals surface area (Å²) in [4.78, 5) is 47.7. The van der Waals surface area contributed by atoms with Crippen LogP contribution in [-0.2, 0) is 32.0 Å². The van der Waals surface area contributed by atoms with Crippen LogP contribution in [0.2, 0.25) is 0 Å². The first-order valence-electron chi connectivity index (χ1n) is 20.1. The third-order valence-electron chi connectivity index (χ3n) is 11.7. The van der Waals surface area contributed by atoms with Crippen LogP contribution in [0.5, 0.6) is 5.75 Å². The molecule has 1 saturated heterocycles. The van der Waals surface area contributed by atoms with Crippen molar-refractivity contribution >= 4 is 34.6 Å². The van der Waals surface area contributed by atoms with Gasteiger partial charge in [-0.2, -0.15) is 0 Å². The largest absolute Gasteiger partial charge is 0.462 e. The number of ether oxygens (including phenoxy) is 2. The van der Waals surface area contributed by atoms with Crippen molar-refractivity contribution in [3.63, 3.8) is 0 Å². The Balaban J connectivity index is 1.11.